The molecule has 2 unspecified atom stereocenters. The maximum absolute atomic E-state index is 6.27. The van der Waals surface area contributed by atoms with Crippen molar-refractivity contribution in [3.63, 3.8) is 0 Å². The van der Waals surface area contributed by atoms with Gasteiger partial charge in [0.1, 0.15) is 0 Å². The van der Waals surface area contributed by atoms with Crippen LogP contribution in [0.5, 0.6) is 0 Å². The van der Waals surface area contributed by atoms with Crippen LogP contribution in [-0.4, -0.2) is 18.8 Å². The molecule has 96 valence electrons. The Hall–Kier alpha value is -0.0900. The first-order chi connectivity index (χ1) is 8.17. The van der Waals surface area contributed by atoms with Gasteiger partial charge in [-0.05, 0) is 44.2 Å². The standard InChI is InChI=1S/C13H20ClNOS/c1-3-7-15-12(11-10(14)5-9-17-11)13(2)6-4-8-16-13/h5,9,12,15H,3-4,6-8H2,1-2H3. The van der Waals surface area contributed by atoms with Crippen molar-refractivity contribution in [2.45, 2.75) is 44.8 Å². The minimum Gasteiger partial charge on any atom is -0.373 e. The van der Waals surface area contributed by atoms with Crippen LogP contribution in [0.2, 0.25) is 5.02 Å². The second-order valence-electron chi connectivity index (χ2n) is 4.78. The molecule has 17 heavy (non-hydrogen) atoms. The highest BCUT2D eigenvalue weighted by atomic mass is 35.5. The molecule has 1 aliphatic heterocycles. The van der Waals surface area contributed by atoms with Crippen LogP contribution in [0, 0.1) is 0 Å². The van der Waals surface area contributed by atoms with E-state index < -0.39 is 0 Å². The SMILES string of the molecule is CCCNC(c1sccc1Cl)C1(C)CCCO1. The second kappa shape index (κ2) is 5.70. The quantitative estimate of drug-likeness (QED) is 0.875. The maximum Gasteiger partial charge on any atom is 0.0857 e. The summed E-state index contributed by atoms with van der Waals surface area (Å²) in [5.74, 6) is 0. The van der Waals surface area contributed by atoms with Gasteiger partial charge in [-0.3, -0.25) is 0 Å². The summed E-state index contributed by atoms with van der Waals surface area (Å²) in [6, 6.07) is 2.19. The van der Waals surface area contributed by atoms with Crippen LogP contribution in [0.15, 0.2) is 11.4 Å². The predicted molar refractivity (Wildman–Crippen MR) is 74.0 cm³/mol. The number of hydrogen-bond donors (Lipinski definition) is 1. The number of rotatable bonds is 5. The third-order valence-electron chi connectivity index (χ3n) is 3.37. The lowest BCUT2D eigenvalue weighted by Gasteiger charge is -2.33. The number of nitrogens with one attached hydrogen (secondary N) is 1. The average molecular weight is 274 g/mol. The molecule has 4 heteroatoms. The van der Waals surface area contributed by atoms with Gasteiger partial charge >= 0.3 is 0 Å². The summed E-state index contributed by atoms with van der Waals surface area (Å²) in [7, 11) is 0. The van der Waals surface area contributed by atoms with E-state index in [4.69, 9.17) is 16.3 Å². The van der Waals surface area contributed by atoms with E-state index in [0.29, 0.717) is 0 Å². The van der Waals surface area contributed by atoms with E-state index in [-0.39, 0.29) is 11.6 Å². The molecule has 0 spiro atoms. The molecule has 2 heterocycles. The van der Waals surface area contributed by atoms with Gasteiger partial charge in [0.25, 0.3) is 0 Å². The van der Waals surface area contributed by atoms with E-state index in [2.05, 4.69) is 24.5 Å². The largest absolute Gasteiger partial charge is 0.373 e. The van der Waals surface area contributed by atoms with E-state index in [9.17, 15) is 0 Å². The number of thiophene rings is 1. The van der Waals surface area contributed by atoms with Gasteiger partial charge in [-0.25, -0.2) is 0 Å². The molecule has 2 rings (SSSR count). The van der Waals surface area contributed by atoms with Gasteiger partial charge in [-0.2, -0.15) is 0 Å². The van der Waals surface area contributed by atoms with Crippen molar-refractivity contribution in [3.05, 3.63) is 21.3 Å². The van der Waals surface area contributed by atoms with Gasteiger partial charge in [0.2, 0.25) is 0 Å². The van der Waals surface area contributed by atoms with Crippen molar-refractivity contribution in [1.82, 2.24) is 5.32 Å². The van der Waals surface area contributed by atoms with Crippen LogP contribution in [-0.2, 0) is 4.74 Å². The number of ether oxygens (including phenoxy) is 1. The fourth-order valence-corrected chi connectivity index (χ4v) is 3.79. The van der Waals surface area contributed by atoms with E-state index in [1.54, 1.807) is 11.3 Å². The molecule has 1 N–H and O–H groups in total. The molecule has 2 nitrogen and oxygen atoms in total. The summed E-state index contributed by atoms with van der Waals surface area (Å²) < 4.78 is 5.96. The van der Waals surface area contributed by atoms with Crippen LogP contribution >= 0.6 is 22.9 Å². The first kappa shape index (κ1) is 13.3. The van der Waals surface area contributed by atoms with Gasteiger partial charge in [0, 0.05) is 11.5 Å². The van der Waals surface area contributed by atoms with Gasteiger partial charge in [0.15, 0.2) is 0 Å². The summed E-state index contributed by atoms with van der Waals surface area (Å²) in [6.07, 6.45) is 3.36. The molecule has 0 bridgehead atoms. The van der Waals surface area contributed by atoms with E-state index in [1.807, 2.05) is 6.07 Å². The van der Waals surface area contributed by atoms with Crippen molar-refractivity contribution < 1.29 is 4.74 Å². The lowest BCUT2D eigenvalue weighted by atomic mass is 9.91. The second-order valence-corrected chi connectivity index (χ2v) is 6.14. The molecule has 1 saturated heterocycles. The predicted octanol–water partition coefficient (Wildman–Crippen LogP) is 4.01. The Labute approximate surface area is 112 Å². The topological polar surface area (TPSA) is 21.3 Å². The van der Waals surface area contributed by atoms with Crippen molar-refractivity contribution in [1.29, 1.82) is 0 Å². The van der Waals surface area contributed by atoms with Gasteiger partial charge in [-0.1, -0.05) is 18.5 Å². The van der Waals surface area contributed by atoms with Crippen LogP contribution in [0.4, 0.5) is 0 Å². The minimum atomic E-state index is -0.107. The smallest absolute Gasteiger partial charge is 0.0857 e. The van der Waals surface area contributed by atoms with Crippen LogP contribution < -0.4 is 5.32 Å². The zero-order valence-corrected chi connectivity index (χ0v) is 12.0. The number of hydrogen-bond acceptors (Lipinski definition) is 3. The van der Waals surface area contributed by atoms with Crippen molar-refractivity contribution in [3.8, 4) is 0 Å². The third-order valence-corrected chi connectivity index (χ3v) is 4.79. The van der Waals surface area contributed by atoms with Crippen molar-refractivity contribution in [2.75, 3.05) is 13.2 Å². The average Bonchev–Trinajstić information content (AvgIpc) is 2.90. The van der Waals surface area contributed by atoms with Gasteiger partial charge in [0.05, 0.1) is 16.7 Å². The first-order valence-corrected chi connectivity index (χ1v) is 7.53. The van der Waals surface area contributed by atoms with Gasteiger partial charge in [-0.15, -0.1) is 11.3 Å². The molecule has 0 aliphatic carbocycles. The number of halogens is 1. The van der Waals surface area contributed by atoms with Crippen LogP contribution in [0.3, 0.4) is 0 Å². The zero-order valence-electron chi connectivity index (χ0n) is 10.5. The molecule has 0 amide bonds. The maximum atomic E-state index is 6.27. The Kier molecular flexibility index (Phi) is 4.47. The molecule has 1 fully saturated rings. The highest BCUT2D eigenvalue weighted by Crippen LogP contribution is 2.41. The fraction of sp³-hybridized carbons (Fsp3) is 0.692. The summed E-state index contributed by atoms with van der Waals surface area (Å²) in [6.45, 7) is 6.24. The van der Waals surface area contributed by atoms with E-state index >= 15 is 0 Å². The van der Waals surface area contributed by atoms with Crippen molar-refractivity contribution >= 4 is 22.9 Å². The van der Waals surface area contributed by atoms with E-state index in [1.165, 1.54) is 4.88 Å². The Bertz CT molecular complexity index is 360. The summed E-state index contributed by atoms with van der Waals surface area (Å²) in [5.41, 5.74) is -0.107. The normalized spacial score (nSPS) is 26.3. The monoisotopic (exact) mass is 273 g/mol. The highest BCUT2D eigenvalue weighted by molar-refractivity contribution is 7.10. The molecule has 1 aromatic heterocycles. The summed E-state index contributed by atoms with van der Waals surface area (Å²) >= 11 is 7.99. The molecular formula is C13H20ClNOS. The van der Waals surface area contributed by atoms with Crippen LogP contribution in [0.25, 0.3) is 0 Å². The lowest BCUT2D eigenvalue weighted by Crippen LogP contribution is -2.41. The molecule has 0 radical (unpaired) electrons. The van der Waals surface area contributed by atoms with Gasteiger partial charge < -0.3 is 10.1 Å². The molecule has 1 aromatic rings. The zero-order chi connectivity index (χ0) is 12.3. The minimum absolute atomic E-state index is 0.107. The third kappa shape index (κ3) is 2.84. The van der Waals surface area contributed by atoms with E-state index in [0.717, 1.165) is 37.4 Å². The highest BCUT2D eigenvalue weighted by Gasteiger charge is 2.40. The Morgan fingerprint density at radius 1 is 1.65 bits per heavy atom. The fourth-order valence-electron chi connectivity index (χ4n) is 2.41. The lowest BCUT2D eigenvalue weighted by molar-refractivity contribution is -0.0114. The Morgan fingerprint density at radius 2 is 2.47 bits per heavy atom. The van der Waals surface area contributed by atoms with Crippen LogP contribution in [0.1, 0.15) is 44.0 Å². The summed E-state index contributed by atoms with van der Waals surface area (Å²) in [5, 5.41) is 6.51. The molecule has 0 saturated carbocycles. The molecule has 0 aromatic carbocycles. The van der Waals surface area contributed by atoms with Crippen molar-refractivity contribution in [2.24, 2.45) is 0 Å². The molecular weight excluding hydrogens is 254 g/mol. The first-order valence-electron chi connectivity index (χ1n) is 6.27. The summed E-state index contributed by atoms with van der Waals surface area (Å²) in [4.78, 5) is 1.21. The molecule has 2 atom stereocenters. The molecule has 1 aliphatic rings. The Balaban J connectivity index is 2.21. The Morgan fingerprint density at radius 3 is 3.00 bits per heavy atom.